The summed E-state index contributed by atoms with van der Waals surface area (Å²) in [5.41, 5.74) is 2.91. The van der Waals surface area contributed by atoms with E-state index < -0.39 is 0 Å². The van der Waals surface area contributed by atoms with Gasteiger partial charge >= 0.3 is 0 Å². The SMILES string of the molecule is C[C@H]1CNC[C@@H](C(=O)Nc2cc(-c3cccc(NCC4CCOCC4)c3)c(Cl)cn2)C1. The van der Waals surface area contributed by atoms with Gasteiger partial charge in [0.05, 0.1) is 10.9 Å². The van der Waals surface area contributed by atoms with Crippen molar-refractivity contribution >= 4 is 29.0 Å². The van der Waals surface area contributed by atoms with Crippen LogP contribution in [0.5, 0.6) is 0 Å². The van der Waals surface area contributed by atoms with Gasteiger partial charge in [-0.15, -0.1) is 0 Å². The molecule has 2 aromatic rings. The number of rotatable bonds is 6. The zero-order valence-electron chi connectivity index (χ0n) is 18.0. The second-order valence-electron chi connectivity index (χ2n) is 8.75. The highest BCUT2D eigenvalue weighted by Gasteiger charge is 2.25. The maximum Gasteiger partial charge on any atom is 0.229 e. The topological polar surface area (TPSA) is 75.3 Å². The molecule has 0 spiro atoms. The highest BCUT2D eigenvalue weighted by atomic mass is 35.5. The molecule has 3 heterocycles. The van der Waals surface area contributed by atoms with Crippen LogP contribution in [0.2, 0.25) is 5.02 Å². The summed E-state index contributed by atoms with van der Waals surface area (Å²) in [6, 6.07) is 10.1. The van der Waals surface area contributed by atoms with Gasteiger partial charge in [0.1, 0.15) is 5.82 Å². The third-order valence-corrected chi connectivity index (χ3v) is 6.46. The van der Waals surface area contributed by atoms with Gasteiger partial charge in [-0.2, -0.15) is 0 Å². The minimum absolute atomic E-state index is 0.00620. The van der Waals surface area contributed by atoms with E-state index in [0.29, 0.717) is 29.2 Å². The molecule has 0 bridgehead atoms. The smallest absolute Gasteiger partial charge is 0.229 e. The van der Waals surface area contributed by atoms with Crippen molar-refractivity contribution in [2.45, 2.75) is 26.2 Å². The Balaban J connectivity index is 1.44. The Kier molecular flexibility index (Phi) is 7.43. The quantitative estimate of drug-likeness (QED) is 0.617. The lowest BCUT2D eigenvalue weighted by Crippen LogP contribution is -2.41. The van der Waals surface area contributed by atoms with Crippen molar-refractivity contribution in [3.63, 3.8) is 0 Å². The zero-order chi connectivity index (χ0) is 21.6. The molecule has 2 atom stereocenters. The van der Waals surface area contributed by atoms with Crippen molar-refractivity contribution in [3.8, 4) is 11.1 Å². The van der Waals surface area contributed by atoms with Gasteiger partial charge in [-0.3, -0.25) is 4.79 Å². The number of ether oxygens (including phenoxy) is 1. The molecule has 2 aliphatic heterocycles. The van der Waals surface area contributed by atoms with Crippen LogP contribution in [0.25, 0.3) is 11.1 Å². The van der Waals surface area contributed by atoms with Crippen molar-refractivity contribution in [1.29, 1.82) is 0 Å². The summed E-state index contributed by atoms with van der Waals surface area (Å²) in [6.07, 6.45) is 4.69. The van der Waals surface area contributed by atoms with E-state index in [-0.39, 0.29) is 11.8 Å². The summed E-state index contributed by atoms with van der Waals surface area (Å²) in [6.45, 7) is 6.47. The lowest BCUT2D eigenvalue weighted by atomic mass is 9.91. The lowest BCUT2D eigenvalue weighted by Gasteiger charge is -2.26. The Morgan fingerprint density at radius 1 is 1.26 bits per heavy atom. The van der Waals surface area contributed by atoms with Gasteiger partial charge in [-0.05, 0) is 61.4 Å². The van der Waals surface area contributed by atoms with E-state index in [1.807, 2.05) is 18.2 Å². The lowest BCUT2D eigenvalue weighted by molar-refractivity contribution is -0.120. The number of piperidine rings is 1. The van der Waals surface area contributed by atoms with Crippen LogP contribution < -0.4 is 16.0 Å². The zero-order valence-corrected chi connectivity index (χ0v) is 18.8. The number of nitrogens with zero attached hydrogens (tertiary/aromatic N) is 1. The summed E-state index contributed by atoms with van der Waals surface area (Å²) in [5, 5.41) is 10.4. The molecule has 4 rings (SSSR count). The summed E-state index contributed by atoms with van der Waals surface area (Å²) < 4.78 is 5.44. The fourth-order valence-electron chi connectivity index (χ4n) is 4.32. The monoisotopic (exact) mass is 442 g/mol. The van der Waals surface area contributed by atoms with Crippen molar-refractivity contribution in [1.82, 2.24) is 10.3 Å². The Labute approximate surface area is 189 Å². The van der Waals surface area contributed by atoms with E-state index >= 15 is 0 Å². The number of anilines is 2. The number of pyridine rings is 1. The van der Waals surface area contributed by atoms with Gasteiger partial charge < -0.3 is 20.7 Å². The molecule has 3 N–H and O–H groups in total. The molecular formula is C24H31ClN4O2. The summed E-state index contributed by atoms with van der Waals surface area (Å²) >= 11 is 6.47. The maximum absolute atomic E-state index is 12.7. The van der Waals surface area contributed by atoms with Crippen LogP contribution >= 0.6 is 11.6 Å². The Bertz CT molecular complexity index is 901. The predicted molar refractivity (Wildman–Crippen MR) is 125 cm³/mol. The van der Waals surface area contributed by atoms with Crippen LogP contribution in [-0.4, -0.2) is 43.7 Å². The predicted octanol–water partition coefficient (Wildman–Crippen LogP) is 4.42. The van der Waals surface area contributed by atoms with E-state index in [1.165, 1.54) is 0 Å². The second-order valence-corrected chi connectivity index (χ2v) is 9.16. The Morgan fingerprint density at radius 3 is 2.90 bits per heavy atom. The minimum atomic E-state index is -0.0395. The van der Waals surface area contributed by atoms with E-state index in [1.54, 1.807) is 6.20 Å². The summed E-state index contributed by atoms with van der Waals surface area (Å²) in [5.74, 6) is 1.63. The van der Waals surface area contributed by atoms with Gasteiger partial charge in [0.2, 0.25) is 5.91 Å². The molecule has 1 amide bonds. The van der Waals surface area contributed by atoms with Crippen LogP contribution in [0.3, 0.4) is 0 Å². The van der Waals surface area contributed by atoms with E-state index in [9.17, 15) is 4.79 Å². The number of benzene rings is 1. The Morgan fingerprint density at radius 2 is 2.10 bits per heavy atom. The second kappa shape index (κ2) is 10.4. The van der Waals surface area contributed by atoms with Crippen LogP contribution in [0, 0.1) is 17.8 Å². The minimum Gasteiger partial charge on any atom is -0.385 e. The largest absolute Gasteiger partial charge is 0.385 e. The van der Waals surface area contributed by atoms with E-state index in [2.05, 4.69) is 40.0 Å². The first-order chi connectivity index (χ1) is 15.1. The average Bonchev–Trinajstić information content (AvgIpc) is 2.80. The number of hydrogen-bond donors (Lipinski definition) is 3. The molecule has 0 unspecified atom stereocenters. The molecule has 2 aliphatic rings. The molecule has 0 aliphatic carbocycles. The summed E-state index contributed by atoms with van der Waals surface area (Å²) in [7, 11) is 0. The normalized spacial score (nSPS) is 22.1. The van der Waals surface area contributed by atoms with Crippen molar-refractivity contribution < 1.29 is 9.53 Å². The highest BCUT2D eigenvalue weighted by molar-refractivity contribution is 6.33. The first kappa shape index (κ1) is 22.1. The van der Waals surface area contributed by atoms with Gasteiger partial charge in [-0.1, -0.05) is 30.7 Å². The fraction of sp³-hybridized carbons (Fsp3) is 0.500. The summed E-state index contributed by atoms with van der Waals surface area (Å²) in [4.78, 5) is 17.0. The highest BCUT2D eigenvalue weighted by Crippen LogP contribution is 2.31. The van der Waals surface area contributed by atoms with Gasteiger partial charge in [0.15, 0.2) is 0 Å². The number of amides is 1. The molecule has 6 nitrogen and oxygen atoms in total. The number of aromatic nitrogens is 1. The number of carbonyl (C=O) groups is 1. The molecule has 2 fully saturated rings. The van der Waals surface area contributed by atoms with E-state index in [4.69, 9.17) is 16.3 Å². The third-order valence-electron chi connectivity index (χ3n) is 6.16. The molecule has 31 heavy (non-hydrogen) atoms. The van der Waals surface area contributed by atoms with Crippen LogP contribution in [0.15, 0.2) is 36.5 Å². The third kappa shape index (κ3) is 5.97. The average molecular weight is 443 g/mol. The standard InChI is InChI=1S/C24H31ClN4O2/c1-16-9-19(14-26-12-16)24(30)29-23-11-21(22(25)15-28-23)18-3-2-4-20(10-18)27-13-17-5-7-31-8-6-17/h2-4,10-11,15-17,19,26-27H,5-9,12-14H2,1H3,(H,28,29,30)/t16-,19+/m1/s1. The molecule has 1 aromatic carbocycles. The van der Waals surface area contributed by atoms with Crippen LogP contribution in [0.1, 0.15) is 26.2 Å². The maximum atomic E-state index is 12.7. The van der Waals surface area contributed by atoms with Crippen molar-refractivity contribution in [3.05, 3.63) is 41.6 Å². The van der Waals surface area contributed by atoms with Crippen LogP contribution in [-0.2, 0) is 9.53 Å². The molecule has 7 heteroatoms. The number of halogens is 1. The molecule has 1 aromatic heterocycles. The first-order valence-corrected chi connectivity index (χ1v) is 11.6. The van der Waals surface area contributed by atoms with E-state index in [0.717, 1.165) is 62.4 Å². The number of nitrogens with one attached hydrogen (secondary N) is 3. The fourth-order valence-corrected chi connectivity index (χ4v) is 4.53. The molecule has 2 saturated heterocycles. The molecule has 0 saturated carbocycles. The van der Waals surface area contributed by atoms with Gasteiger partial charge in [0.25, 0.3) is 0 Å². The van der Waals surface area contributed by atoms with Crippen LogP contribution in [0.4, 0.5) is 11.5 Å². The van der Waals surface area contributed by atoms with Gasteiger partial charge in [0, 0.05) is 43.8 Å². The van der Waals surface area contributed by atoms with Crippen molar-refractivity contribution in [2.75, 3.05) is 43.5 Å². The Hall–Kier alpha value is -2.15. The number of hydrogen-bond acceptors (Lipinski definition) is 5. The van der Waals surface area contributed by atoms with Gasteiger partial charge in [-0.25, -0.2) is 4.98 Å². The molecule has 166 valence electrons. The van der Waals surface area contributed by atoms with Crippen molar-refractivity contribution in [2.24, 2.45) is 17.8 Å². The first-order valence-electron chi connectivity index (χ1n) is 11.2. The molecule has 0 radical (unpaired) electrons. The molecular weight excluding hydrogens is 412 g/mol. The number of carbonyl (C=O) groups excluding carboxylic acids is 1.